The molecule has 0 radical (unpaired) electrons. The maximum atomic E-state index is 9.23. The SMILES string of the molecule is N#Cc1cccc(N2CC(CCCc3ccncc3)=Cc3cccnc32)c1. The second-order valence-electron chi connectivity index (χ2n) is 6.68. The molecule has 4 rings (SSSR count). The van der Waals surface area contributed by atoms with Gasteiger partial charge in [-0.15, -0.1) is 0 Å². The zero-order chi connectivity index (χ0) is 18.5. The van der Waals surface area contributed by atoms with Crippen LogP contribution in [0.15, 0.2) is 72.7 Å². The molecule has 0 saturated carbocycles. The maximum Gasteiger partial charge on any atom is 0.140 e. The molecular formula is C23H20N4. The first-order valence-electron chi connectivity index (χ1n) is 9.14. The third kappa shape index (κ3) is 3.88. The van der Waals surface area contributed by atoms with Gasteiger partial charge in [-0.25, -0.2) is 4.98 Å². The summed E-state index contributed by atoms with van der Waals surface area (Å²) >= 11 is 0. The molecular weight excluding hydrogens is 332 g/mol. The highest BCUT2D eigenvalue weighted by Gasteiger charge is 2.20. The van der Waals surface area contributed by atoms with Gasteiger partial charge in [0.05, 0.1) is 11.6 Å². The largest absolute Gasteiger partial charge is 0.322 e. The Kier molecular flexibility index (Phi) is 4.93. The highest BCUT2D eigenvalue weighted by molar-refractivity contribution is 5.76. The minimum absolute atomic E-state index is 0.666. The first kappa shape index (κ1) is 17.0. The average Bonchev–Trinajstić information content (AvgIpc) is 2.74. The van der Waals surface area contributed by atoms with E-state index < -0.39 is 0 Å². The molecule has 3 heterocycles. The Bertz CT molecular complexity index is 1000. The van der Waals surface area contributed by atoms with Gasteiger partial charge < -0.3 is 4.90 Å². The van der Waals surface area contributed by atoms with Gasteiger partial charge in [0.15, 0.2) is 0 Å². The maximum absolute atomic E-state index is 9.23. The second kappa shape index (κ2) is 7.84. The van der Waals surface area contributed by atoms with Crippen LogP contribution in [0.3, 0.4) is 0 Å². The minimum atomic E-state index is 0.666. The van der Waals surface area contributed by atoms with Crippen LogP contribution in [0.1, 0.15) is 29.5 Å². The number of nitriles is 1. The first-order chi connectivity index (χ1) is 13.3. The highest BCUT2D eigenvalue weighted by atomic mass is 15.2. The van der Waals surface area contributed by atoms with E-state index in [9.17, 15) is 5.26 Å². The second-order valence-corrected chi connectivity index (χ2v) is 6.68. The van der Waals surface area contributed by atoms with E-state index in [0.717, 1.165) is 42.9 Å². The van der Waals surface area contributed by atoms with E-state index in [0.29, 0.717) is 5.56 Å². The number of hydrogen-bond donors (Lipinski definition) is 0. The molecule has 4 heteroatoms. The molecule has 1 aliphatic rings. The lowest BCUT2D eigenvalue weighted by Crippen LogP contribution is -2.25. The number of aryl methyl sites for hydroxylation is 1. The number of nitrogens with zero attached hydrogens (tertiary/aromatic N) is 4. The fourth-order valence-electron chi connectivity index (χ4n) is 3.47. The fraction of sp³-hybridized carbons (Fsp3) is 0.174. The first-order valence-corrected chi connectivity index (χ1v) is 9.14. The molecule has 2 aromatic heterocycles. The molecule has 27 heavy (non-hydrogen) atoms. The van der Waals surface area contributed by atoms with Crippen molar-refractivity contribution >= 4 is 17.6 Å². The summed E-state index contributed by atoms with van der Waals surface area (Å²) in [5.41, 5.74) is 5.51. The standard InChI is InChI=1S/C23H20N4/c24-16-19-5-2-8-22(15-19)27-17-20(14-21-7-3-11-26-23(21)27)6-1-4-18-9-12-25-13-10-18/h2-3,5,7-15H,1,4,6,17H2. The quantitative estimate of drug-likeness (QED) is 0.655. The van der Waals surface area contributed by atoms with Crippen LogP contribution in [-0.4, -0.2) is 16.5 Å². The molecule has 0 amide bonds. The summed E-state index contributed by atoms with van der Waals surface area (Å²) in [6.45, 7) is 0.801. The van der Waals surface area contributed by atoms with Crippen LogP contribution in [0.5, 0.6) is 0 Å². The molecule has 0 spiro atoms. The highest BCUT2D eigenvalue weighted by Crippen LogP contribution is 2.34. The number of anilines is 2. The zero-order valence-electron chi connectivity index (χ0n) is 15.0. The van der Waals surface area contributed by atoms with E-state index in [4.69, 9.17) is 0 Å². The summed E-state index contributed by atoms with van der Waals surface area (Å²) in [7, 11) is 0. The van der Waals surface area contributed by atoms with Crippen molar-refractivity contribution in [2.75, 3.05) is 11.4 Å². The molecule has 3 aromatic rings. The monoisotopic (exact) mass is 352 g/mol. The van der Waals surface area contributed by atoms with E-state index in [2.05, 4.69) is 45.2 Å². The van der Waals surface area contributed by atoms with Gasteiger partial charge in [0.25, 0.3) is 0 Å². The third-order valence-corrected chi connectivity index (χ3v) is 4.79. The Balaban J connectivity index is 1.56. The predicted octanol–water partition coefficient (Wildman–Crippen LogP) is 4.91. The van der Waals surface area contributed by atoms with Gasteiger partial charge in [0, 0.05) is 36.4 Å². The normalized spacial score (nSPS) is 12.9. The number of pyridine rings is 2. The van der Waals surface area contributed by atoms with Crippen molar-refractivity contribution in [3.63, 3.8) is 0 Å². The fourth-order valence-corrected chi connectivity index (χ4v) is 3.47. The van der Waals surface area contributed by atoms with E-state index in [1.54, 1.807) is 0 Å². The number of rotatable bonds is 5. The molecule has 0 bridgehead atoms. The van der Waals surface area contributed by atoms with Crippen LogP contribution in [0.4, 0.5) is 11.5 Å². The molecule has 1 aromatic carbocycles. The Hall–Kier alpha value is -3.45. The predicted molar refractivity (Wildman–Crippen MR) is 108 cm³/mol. The summed E-state index contributed by atoms with van der Waals surface area (Å²) in [5, 5.41) is 9.23. The number of fused-ring (bicyclic) bond motifs is 1. The van der Waals surface area contributed by atoms with Crippen LogP contribution >= 0.6 is 0 Å². The smallest absolute Gasteiger partial charge is 0.140 e. The molecule has 0 unspecified atom stereocenters. The van der Waals surface area contributed by atoms with Gasteiger partial charge in [-0.3, -0.25) is 4.98 Å². The molecule has 0 fully saturated rings. The molecule has 0 aliphatic carbocycles. The summed E-state index contributed by atoms with van der Waals surface area (Å²) in [6.07, 6.45) is 11.0. The molecule has 4 nitrogen and oxygen atoms in total. The van der Waals surface area contributed by atoms with Crippen molar-refractivity contribution in [1.82, 2.24) is 9.97 Å². The Morgan fingerprint density at radius 3 is 2.74 bits per heavy atom. The average molecular weight is 352 g/mol. The van der Waals surface area contributed by atoms with Gasteiger partial charge in [0.1, 0.15) is 5.82 Å². The molecule has 0 N–H and O–H groups in total. The Morgan fingerprint density at radius 1 is 1.00 bits per heavy atom. The van der Waals surface area contributed by atoms with Crippen molar-refractivity contribution in [1.29, 1.82) is 5.26 Å². The number of aromatic nitrogens is 2. The van der Waals surface area contributed by atoms with Gasteiger partial charge in [-0.2, -0.15) is 5.26 Å². The van der Waals surface area contributed by atoms with Crippen molar-refractivity contribution in [3.05, 3.63) is 89.4 Å². The van der Waals surface area contributed by atoms with E-state index >= 15 is 0 Å². The van der Waals surface area contributed by atoms with Gasteiger partial charge in [-0.1, -0.05) is 12.1 Å². The summed E-state index contributed by atoms with van der Waals surface area (Å²) in [5.74, 6) is 0.950. The van der Waals surface area contributed by atoms with Crippen LogP contribution in [0.25, 0.3) is 6.08 Å². The molecule has 0 saturated heterocycles. The van der Waals surface area contributed by atoms with Crippen LogP contribution < -0.4 is 4.90 Å². The molecule has 0 atom stereocenters. The Morgan fingerprint density at radius 2 is 1.89 bits per heavy atom. The van der Waals surface area contributed by atoms with Crippen LogP contribution in [0, 0.1) is 11.3 Å². The van der Waals surface area contributed by atoms with Gasteiger partial charge in [0.2, 0.25) is 0 Å². The zero-order valence-corrected chi connectivity index (χ0v) is 15.0. The molecule has 132 valence electrons. The van der Waals surface area contributed by atoms with Gasteiger partial charge in [-0.05, 0) is 72.9 Å². The summed E-state index contributed by atoms with van der Waals surface area (Å²) < 4.78 is 0. The van der Waals surface area contributed by atoms with E-state index in [1.807, 2.05) is 48.9 Å². The minimum Gasteiger partial charge on any atom is -0.322 e. The van der Waals surface area contributed by atoms with Crippen LogP contribution in [0.2, 0.25) is 0 Å². The lowest BCUT2D eigenvalue weighted by molar-refractivity contribution is 0.788. The topological polar surface area (TPSA) is 52.8 Å². The van der Waals surface area contributed by atoms with Crippen LogP contribution in [-0.2, 0) is 6.42 Å². The van der Waals surface area contributed by atoms with E-state index in [-0.39, 0.29) is 0 Å². The number of hydrogen-bond acceptors (Lipinski definition) is 4. The van der Waals surface area contributed by atoms with Crippen molar-refractivity contribution in [3.8, 4) is 6.07 Å². The van der Waals surface area contributed by atoms with Crippen molar-refractivity contribution in [2.45, 2.75) is 19.3 Å². The van der Waals surface area contributed by atoms with Gasteiger partial charge >= 0.3 is 0 Å². The van der Waals surface area contributed by atoms with Crippen molar-refractivity contribution < 1.29 is 0 Å². The summed E-state index contributed by atoms with van der Waals surface area (Å²) in [4.78, 5) is 10.9. The molecule has 1 aliphatic heterocycles. The summed E-state index contributed by atoms with van der Waals surface area (Å²) in [6, 6.07) is 18.2. The number of benzene rings is 1. The van der Waals surface area contributed by atoms with E-state index in [1.165, 1.54) is 11.1 Å². The Labute approximate surface area is 159 Å². The lowest BCUT2D eigenvalue weighted by atomic mass is 9.99. The van der Waals surface area contributed by atoms with Crippen molar-refractivity contribution in [2.24, 2.45) is 0 Å². The lowest BCUT2D eigenvalue weighted by Gasteiger charge is -2.30. The third-order valence-electron chi connectivity index (χ3n) is 4.79.